The molecule has 4 heteroatoms. The monoisotopic (exact) mass is 611 g/mol. The van der Waals surface area contributed by atoms with Crippen LogP contribution in [0.3, 0.4) is 0 Å². The van der Waals surface area contributed by atoms with Crippen LogP contribution in [0.1, 0.15) is 156 Å². The number of piperidine rings is 1. The minimum Gasteiger partial charge on any atom is -0.315 e. The Morgan fingerprint density at radius 2 is 1.19 bits per heavy atom. The number of rotatable bonds is 13. The quantitative estimate of drug-likeness (QED) is 0.224. The Morgan fingerprint density at radius 1 is 0.651 bits per heavy atom. The molecule has 1 atom stereocenters. The molecule has 1 unspecified atom stereocenters. The molecule has 0 spiro atoms. The SMILES string of the molecule is CC(C)C1CCN(C(C)C)CC1.CC(C)CC1CCCN1C(C)C.CC(C)CCN(C)C(C)C.CC(C)CCNC(C)C. The van der Waals surface area contributed by atoms with E-state index in [1.807, 2.05) is 0 Å². The summed E-state index contributed by atoms with van der Waals surface area (Å²) >= 11 is 0. The fourth-order valence-corrected chi connectivity index (χ4v) is 5.82. The van der Waals surface area contributed by atoms with Crippen LogP contribution in [0.15, 0.2) is 0 Å². The van der Waals surface area contributed by atoms with Gasteiger partial charge in [0.2, 0.25) is 0 Å². The zero-order valence-corrected chi connectivity index (χ0v) is 33.1. The Hall–Kier alpha value is -0.160. The molecule has 2 heterocycles. The Labute approximate surface area is 274 Å². The number of likely N-dealkylation sites (tertiary alicyclic amines) is 2. The van der Waals surface area contributed by atoms with Gasteiger partial charge in [-0.3, -0.25) is 4.90 Å². The van der Waals surface area contributed by atoms with Gasteiger partial charge in [-0.25, -0.2) is 0 Å². The summed E-state index contributed by atoms with van der Waals surface area (Å²) in [6, 6.07) is 3.71. The largest absolute Gasteiger partial charge is 0.315 e. The van der Waals surface area contributed by atoms with Crippen LogP contribution in [-0.2, 0) is 0 Å². The maximum Gasteiger partial charge on any atom is 0.0101 e. The van der Waals surface area contributed by atoms with Crippen molar-refractivity contribution in [2.75, 3.05) is 39.8 Å². The topological polar surface area (TPSA) is 21.8 Å². The van der Waals surface area contributed by atoms with E-state index in [4.69, 9.17) is 0 Å². The molecule has 0 aromatic heterocycles. The molecule has 0 bridgehead atoms. The van der Waals surface area contributed by atoms with Gasteiger partial charge >= 0.3 is 0 Å². The highest BCUT2D eigenvalue weighted by molar-refractivity contribution is 4.82. The van der Waals surface area contributed by atoms with Gasteiger partial charge in [0.25, 0.3) is 0 Å². The molecule has 2 fully saturated rings. The molecule has 0 aliphatic carbocycles. The molecule has 2 aliphatic rings. The van der Waals surface area contributed by atoms with E-state index in [1.54, 1.807) is 0 Å². The zero-order chi connectivity index (χ0) is 33.7. The number of nitrogens with zero attached hydrogens (tertiary/aromatic N) is 3. The molecule has 0 aromatic rings. The lowest BCUT2D eigenvalue weighted by Gasteiger charge is -2.36. The summed E-state index contributed by atoms with van der Waals surface area (Å²) in [6.45, 7) is 42.9. The van der Waals surface area contributed by atoms with Crippen molar-refractivity contribution in [2.45, 2.75) is 186 Å². The zero-order valence-electron chi connectivity index (χ0n) is 33.1. The highest BCUT2D eigenvalue weighted by Gasteiger charge is 2.26. The minimum atomic E-state index is 0.642. The predicted octanol–water partition coefficient (Wildman–Crippen LogP) is 10.1. The summed E-state index contributed by atoms with van der Waals surface area (Å²) in [5.74, 6) is 4.39. The molecule has 0 saturated carbocycles. The fourth-order valence-electron chi connectivity index (χ4n) is 5.82. The third-order valence-corrected chi connectivity index (χ3v) is 9.29. The Balaban J connectivity index is 0. The first-order valence-corrected chi connectivity index (χ1v) is 18.8. The second kappa shape index (κ2) is 26.0. The summed E-state index contributed by atoms with van der Waals surface area (Å²) in [6.07, 6.45) is 9.66. The van der Waals surface area contributed by atoms with Crippen molar-refractivity contribution in [2.24, 2.45) is 29.6 Å². The van der Waals surface area contributed by atoms with Crippen LogP contribution in [0.2, 0.25) is 0 Å². The Bertz CT molecular complexity index is 564. The van der Waals surface area contributed by atoms with Gasteiger partial charge < -0.3 is 15.1 Å². The fraction of sp³-hybridized carbons (Fsp3) is 1.00. The molecular formula is C39H86N4. The van der Waals surface area contributed by atoms with Crippen molar-refractivity contribution in [3.8, 4) is 0 Å². The standard InChI is InChI=1S/2C11H23N.C9H21N.C8H19N/c1-9(2)11-5-7-12(8-6-11)10(3)4;1-9(2)8-11-6-5-7-12(11)10(3)4;1-8(2)6-7-10(5)9(3)4;1-7(2)5-6-9-8(3)4/h2*9-11H,5-8H2,1-4H3;8-9H,6-7H2,1-5H3;7-9H,5-6H2,1-4H3. The van der Waals surface area contributed by atoms with Crippen molar-refractivity contribution < 1.29 is 0 Å². The maximum atomic E-state index is 3.38. The van der Waals surface area contributed by atoms with Gasteiger partial charge in [-0.2, -0.15) is 0 Å². The molecule has 262 valence electrons. The Kier molecular flexibility index (Phi) is 27.2. The van der Waals surface area contributed by atoms with E-state index in [0.717, 1.165) is 54.3 Å². The molecule has 0 amide bonds. The lowest BCUT2D eigenvalue weighted by molar-refractivity contribution is 0.129. The van der Waals surface area contributed by atoms with Gasteiger partial charge in [0, 0.05) is 30.2 Å². The van der Waals surface area contributed by atoms with Crippen molar-refractivity contribution in [3.63, 3.8) is 0 Å². The molecule has 43 heavy (non-hydrogen) atoms. The van der Waals surface area contributed by atoms with Crippen molar-refractivity contribution >= 4 is 0 Å². The van der Waals surface area contributed by atoms with Crippen LogP contribution in [0, 0.1) is 29.6 Å². The van der Waals surface area contributed by atoms with Crippen LogP contribution in [0.25, 0.3) is 0 Å². The van der Waals surface area contributed by atoms with Crippen LogP contribution >= 0.6 is 0 Å². The van der Waals surface area contributed by atoms with Crippen molar-refractivity contribution in [1.82, 2.24) is 20.0 Å². The summed E-state index contributed by atoms with van der Waals surface area (Å²) in [5, 5.41) is 3.38. The average Bonchev–Trinajstić information content (AvgIpc) is 3.35. The summed E-state index contributed by atoms with van der Waals surface area (Å²) in [7, 11) is 2.19. The predicted molar refractivity (Wildman–Crippen MR) is 198 cm³/mol. The summed E-state index contributed by atoms with van der Waals surface area (Å²) in [5.41, 5.74) is 0. The van der Waals surface area contributed by atoms with Gasteiger partial charge in [0.15, 0.2) is 0 Å². The van der Waals surface area contributed by atoms with Crippen molar-refractivity contribution in [1.29, 1.82) is 0 Å². The first kappa shape index (κ1) is 45.0. The lowest BCUT2D eigenvalue weighted by atomic mass is 9.86. The van der Waals surface area contributed by atoms with Crippen LogP contribution < -0.4 is 5.32 Å². The van der Waals surface area contributed by atoms with Crippen LogP contribution in [0.4, 0.5) is 0 Å². The van der Waals surface area contributed by atoms with E-state index >= 15 is 0 Å². The molecule has 0 radical (unpaired) electrons. The molecular weight excluding hydrogens is 524 g/mol. The van der Waals surface area contributed by atoms with E-state index in [0.29, 0.717) is 12.1 Å². The van der Waals surface area contributed by atoms with Crippen LogP contribution in [0.5, 0.6) is 0 Å². The Morgan fingerprint density at radius 3 is 1.56 bits per heavy atom. The van der Waals surface area contributed by atoms with Gasteiger partial charge in [-0.05, 0) is 156 Å². The normalized spacial score (nSPS) is 18.7. The van der Waals surface area contributed by atoms with E-state index in [-0.39, 0.29) is 0 Å². The van der Waals surface area contributed by atoms with Gasteiger partial charge in [0.05, 0.1) is 0 Å². The van der Waals surface area contributed by atoms with E-state index in [9.17, 15) is 0 Å². The average molecular weight is 611 g/mol. The number of nitrogens with one attached hydrogen (secondary N) is 1. The molecule has 4 nitrogen and oxygen atoms in total. The van der Waals surface area contributed by atoms with Gasteiger partial charge in [0.1, 0.15) is 0 Å². The first-order chi connectivity index (χ1) is 19.9. The molecule has 2 rings (SSSR count). The van der Waals surface area contributed by atoms with E-state index in [1.165, 1.54) is 71.1 Å². The van der Waals surface area contributed by atoms with E-state index in [2.05, 4.69) is 138 Å². The third kappa shape index (κ3) is 25.7. The lowest BCUT2D eigenvalue weighted by Crippen LogP contribution is -2.39. The van der Waals surface area contributed by atoms with Crippen molar-refractivity contribution in [3.05, 3.63) is 0 Å². The molecule has 0 aromatic carbocycles. The third-order valence-electron chi connectivity index (χ3n) is 9.29. The highest BCUT2D eigenvalue weighted by atomic mass is 15.2. The number of hydrogen-bond donors (Lipinski definition) is 1. The first-order valence-electron chi connectivity index (χ1n) is 18.8. The van der Waals surface area contributed by atoms with Gasteiger partial charge in [-0.1, -0.05) is 69.2 Å². The second-order valence-electron chi connectivity index (χ2n) is 16.5. The van der Waals surface area contributed by atoms with E-state index < -0.39 is 0 Å². The molecule has 2 aliphatic heterocycles. The molecule has 1 N–H and O–H groups in total. The smallest absolute Gasteiger partial charge is 0.0101 e. The van der Waals surface area contributed by atoms with Gasteiger partial charge in [-0.15, -0.1) is 0 Å². The summed E-state index contributed by atoms with van der Waals surface area (Å²) in [4.78, 5) is 7.65. The second-order valence-corrected chi connectivity index (χ2v) is 16.5. The highest BCUT2D eigenvalue weighted by Crippen LogP contribution is 2.26. The number of hydrogen-bond acceptors (Lipinski definition) is 4. The minimum absolute atomic E-state index is 0.642. The molecule has 2 saturated heterocycles. The maximum absolute atomic E-state index is 3.38. The summed E-state index contributed by atoms with van der Waals surface area (Å²) < 4.78 is 0. The van der Waals surface area contributed by atoms with Crippen LogP contribution in [-0.4, -0.2) is 84.7 Å².